The normalized spacial score (nSPS) is 12.9. The summed E-state index contributed by atoms with van der Waals surface area (Å²) in [5, 5.41) is 13.4. The van der Waals surface area contributed by atoms with E-state index in [9.17, 15) is 5.11 Å². The molecular weight excluding hydrogens is 198 g/mol. The molecule has 1 unspecified atom stereocenters. The van der Waals surface area contributed by atoms with Gasteiger partial charge in [-0.1, -0.05) is 13.0 Å². The largest absolute Gasteiger partial charge is 0.387 e. The minimum absolute atomic E-state index is 0.404. The van der Waals surface area contributed by atoms with Crippen LogP contribution in [-0.2, 0) is 0 Å². The maximum atomic E-state index is 10.2. The van der Waals surface area contributed by atoms with Gasteiger partial charge in [0.15, 0.2) is 0 Å². The molecule has 0 bridgehead atoms. The van der Waals surface area contributed by atoms with Gasteiger partial charge in [0.25, 0.3) is 0 Å². The number of hydrogen-bond acceptors (Lipinski definition) is 2. The van der Waals surface area contributed by atoms with Gasteiger partial charge in [-0.25, -0.2) is 0 Å². The first-order valence-electron chi connectivity index (χ1n) is 5.95. The third-order valence-electron chi connectivity index (χ3n) is 3.34. The molecule has 2 N–H and O–H groups in total. The fraction of sp³-hybridized carbons (Fsp3) is 0.571. The maximum Gasteiger partial charge on any atom is 0.0919 e. The van der Waals surface area contributed by atoms with Gasteiger partial charge in [-0.05, 0) is 62.1 Å². The lowest BCUT2D eigenvalue weighted by Crippen LogP contribution is -2.22. The van der Waals surface area contributed by atoms with Crippen LogP contribution in [0.1, 0.15) is 40.8 Å². The summed E-state index contributed by atoms with van der Waals surface area (Å²) in [6.07, 6.45) is -0.404. The molecule has 0 saturated carbocycles. The lowest BCUT2D eigenvalue weighted by atomic mass is 9.91. The highest BCUT2D eigenvalue weighted by Crippen LogP contribution is 2.26. The standard InChI is InChI=1S/C14H23NO/c1-6-15-8-13(16)14-11(4)9(2)7-10(3)12(14)5/h7,13,15-16H,6,8H2,1-5H3. The van der Waals surface area contributed by atoms with Gasteiger partial charge in [0.1, 0.15) is 0 Å². The molecule has 1 aromatic rings. The van der Waals surface area contributed by atoms with Crippen molar-refractivity contribution in [3.8, 4) is 0 Å². The number of aliphatic hydroxyl groups is 1. The molecule has 0 spiro atoms. The molecule has 0 aliphatic heterocycles. The van der Waals surface area contributed by atoms with E-state index in [1.807, 2.05) is 6.92 Å². The van der Waals surface area contributed by atoms with Gasteiger partial charge < -0.3 is 10.4 Å². The average Bonchev–Trinajstić information content (AvgIpc) is 2.24. The zero-order chi connectivity index (χ0) is 12.3. The Bertz CT molecular complexity index is 345. The Hall–Kier alpha value is -0.860. The molecule has 1 aromatic carbocycles. The predicted octanol–water partition coefficient (Wildman–Crippen LogP) is 2.56. The Morgan fingerprint density at radius 3 is 2.06 bits per heavy atom. The van der Waals surface area contributed by atoms with Crippen molar-refractivity contribution in [3.63, 3.8) is 0 Å². The molecule has 2 heteroatoms. The van der Waals surface area contributed by atoms with E-state index < -0.39 is 6.10 Å². The summed E-state index contributed by atoms with van der Waals surface area (Å²) < 4.78 is 0. The Labute approximate surface area is 98.7 Å². The van der Waals surface area contributed by atoms with Crippen LogP contribution in [-0.4, -0.2) is 18.2 Å². The zero-order valence-electron chi connectivity index (χ0n) is 11.0. The summed E-state index contributed by atoms with van der Waals surface area (Å²) in [7, 11) is 0. The second kappa shape index (κ2) is 5.46. The van der Waals surface area contributed by atoms with E-state index in [0.717, 1.165) is 12.1 Å². The smallest absolute Gasteiger partial charge is 0.0919 e. The van der Waals surface area contributed by atoms with E-state index in [1.165, 1.54) is 22.3 Å². The van der Waals surface area contributed by atoms with Gasteiger partial charge in [0.2, 0.25) is 0 Å². The molecule has 0 aliphatic carbocycles. The molecular formula is C14H23NO. The lowest BCUT2D eigenvalue weighted by Gasteiger charge is -2.20. The van der Waals surface area contributed by atoms with E-state index in [2.05, 4.69) is 39.1 Å². The molecule has 0 radical (unpaired) electrons. The second-order valence-corrected chi connectivity index (χ2v) is 4.50. The number of aliphatic hydroxyl groups excluding tert-OH is 1. The van der Waals surface area contributed by atoms with Gasteiger partial charge in [0.05, 0.1) is 6.10 Å². The van der Waals surface area contributed by atoms with Crippen LogP contribution < -0.4 is 5.32 Å². The Balaban J connectivity index is 3.11. The van der Waals surface area contributed by atoms with Crippen LogP contribution in [0.4, 0.5) is 0 Å². The predicted molar refractivity (Wildman–Crippen MR) is 68.9 cm³/mol. The van der Waals surface area contributed by atoms with Crippen molar-refractivity contribution in [2.45, 2.75) is 40.7 Å². The zero-order valence-corrected chi connectivity index (χ0v) is 11.0. The number of hydrogen-bond donors (Lipinski definition) is 2. The van der Waals surface area contributed by atoms with Crippen molar-refractivity contribution < 1.29 is 5.11 Å². The van der Waals surface area contributed by atoms with Crippen molar-refractivity contribution in [2.24, 2.45) is 0 Å². The first kappa shape index (κ1) is 13.2. The number of rotatable bonds is 4. The Morgan fingerprint density at radius 2 is 1.62 bits per heavy atom. The van der Waals surface area contributed by atoms with Crippen molar-refractivity contribution in [2.75, 3.05) is 13.1 Å². The van der Waals surface area contributed by atoms with Gasteiger partial charge in [0, 0.05) is 6.54 Å². The van der Waals surface area contributed by atoms with Crippen LogP contribution in [0.15, 0.2) is 6.07 Å². The molecule has 1 rings (SSSR count). The summed E-state index contributed by atoms with van der Waals surface area (Å²) >= 11 is 0. The maximum absolute atomic E-state index is 10.2. The average molecular weight is 221 g/mol. The minimum atomic E-state index is -0.404. The Morgan fingerprint density at radius 1 is 1.12 bits per heavy atom. The van der Waals surface area contributed by atoms with Crippen molar-refractivity contribution in [1.29, 1.82) is 0 Å². The van der Waals surface area contributed by atoms with E-state index >= 15 is 0 Å². The molecule has 0 heterocycles. The number of likely N-dealkylation sites (N-methyl/N-ethyl adjacent to an activating group) is 1. The Kier molecular flexibility index (Phi) is 4.51. The molecule has 90 valence electrons. The molecule has 0 amide bonds. The van der Waals surface area contributed by atoms with Crippen LogP contribution in [0, 0.1) is 27.7 Å². The fourth-order valence-electron chi connectivity index (χ4n) is 2.13. The minimum Gasteiger partial charge on any atom is -0.387 e. The summed E-state index contributed by atoms with van der Waals surface area (Å²) in [6.45, 7) is 11.9. The topological polar surface area (TPSA) is 32.3 Å². The van der Waals surface area contributed by atoms with E-state index in [1.54, 1.807) is 0 Å². The summed E-state index contributed by atoms with van der Waals surface area (Å²) in [5.74, 6) is 0. The highest BCUT2D eigenvalue weighted by atomic mass is 16.3. The van der Waals surface area contributed by atoms with E-state index in [4.69, 9.17) is 0 Å². The van der Waals surface area contributed by atoms with E-state index in [0.29, 0.717) is 6.54 Å². The highest BCUT2D eigenvalue weighted by molar-refractivity contribution is 5.45. The highest BCUT2D eigenvalue weighted by Gasteiger charge is 2.15. The van der Waals surface area contributed by atoms with Crippen LogP contribution in [0.25, 0.3) is 0 Å². The molecule has 16 heavy (non-hydrogen) atoms. The van der Waals surface area contributed by atoms with Crippen molar-refractivity contribution in [1.82, 2.24) is 5.32 Å². The monoisotopic (exact) mass is 221 g/mol. The molecule has 0 aliphatic rings. The lowest BCUT2D eigenvalue weighted by molar-refractivity contribution is 0.174. The van der Waals surface area contributed by atoms with Crippen LogP contribution in [0.3, 0.4) is 0 Å². The fourth-order valence-corrected chi connectivity index (χ4v) is 2.13. The third kappa shape index (κ3) is 2.63. The molecule has 2 nitrogen and oxygen atoms in total. The van der Waals surface area contributed by atoms with E-state index in [-0.39, 0.29) is 0 Å². The van der Waals surface area contributed by atoms with Crippen molar-refractivity contribution >= 4 is 0 Å². The van der Waals surface area contributed by atoms with Crippen LogP contribution in [0.5, 0.6) is 0 Å². The molecule has 0 aromatic heterocycles. The SMILES string of the molecule is CCNCC(O)c1c(C)c(C)cc(C)c1C. The second-order valence-electron chi connectivity index (χ2n) is 4.50. The van der Waals surface area contributed by atoms with Crippen molar-refractivity contribution in [3.05, 3.63) is 33.9 Å². The molecule has 1 atom stereocenters. The van der Waals surface area contributed by atoms with Gasteiger partial charge in [-0.2, -0.15) is 0 Å². The molecule has 0 fully saturated rings. The number of nitrogens with one attached hydrogen (secondary N) is 1. The quantitative estimate of drug-likeness (QED) is 0.819. The van der Waals surface area contributed by atoms with Crippen LogP contribution >= 0.6 is 0 Å². The summed E-state index contributed by atoms with van der Waals surface area (Å²) in [4.78, 5) is 0. The van der Waals surface area contributed by atoms with Crippen LogP contribution in [0.2, 0.25) is 0 Å². The first-order valence-corrected chi connectivity index (χ1v) is 5.95. The number of aryl methyl sites for hydroxylation is 2. The van der Waals surface area contributed by atoms with Gasteiger partial charge in [-0.3, -0.25) is 0 Å². The molecule has 0 saturated heterocycles. The number of benzene rings is 1. The summed E-state index contributed by atoms with van der Waals surface area (Å²) in [6, 6.07) is 2.19. The first-order chi connectivity index (χ1) is 7.49. The third-order valence-corrected chi connectivity index (χ3v) is 3.34. The summed E-state index contributed by atoms with van der Waals surface area (Å²) in [5.41, 5.74) is 6.04. The van der Waals surface area contributed by atoms with Gasteiger partial charge in [-0.15, -0.1) is 0 Å². The van der Waals surface area contributed by atoms with Gasteiger partial charge >= 0.3 is 0 Å².